The first-order valence-corrected chi connectivity index (χ1v) is 6.62. The third kappa shape index (κ3) is 3.18. The maximum atomic E-state index is 9.48. The van der Waals surface area contributed by atoms with Gasteiger partial charge in [0.2, 0.25) is 0 Å². The standard InChI is InChI=1S/C16H20N2O/c1-11(2)14(10-19)16-17-8-7-15(18-16)13-6-4-5-12(3)9-13/h4-9,11,14,19H,10H2,1-3H3. The number of nitrogens with zero attached hydrogens (tertiary/aromatic N) is 2. The Kier molecular flexibility index (Phi) is 4.27. The molecule has 2 rings (SSSR count). The summed E-state index contributed by atoms with van der Waals surface area (Å²) < 4.78 is 0. The van der Waals surface area contributed by atoms with E-state index >= 15 is 0 Å². The maximum Gasteiger partial charge on any atom is 0.134 e. The topological polar surface area (TPSA) is 46.0 Å². The SMILES string of the molecule is Cc1cccc(-c2ccnc(C(CO)C(C)C)n2)c1. The summed E-state index contributed by atoms with van der Waals surface area (Å²) in [5, 5.41) is 9.48. The molecule has 1 heterocycles. The van der Waals surface area contributed by atoms with Gasteiger partial charge in [0, 0.05) is 17.7 Å². The zero-order valence-electron chi connectivity index (χ0n) is 11.7. The van der Waals surface area contributed by atoms with Crippen LogP contribution in [0, 0.1) is 12.8 Å². The fourth-order valence-electron chi connectivity index (χ4n) is 2.11. The summed E-state index contributed by atoms with van der Waals surface area (Å²) in [4.78, 5) is 8.91. The van der Waals surface area contributed by atoms with E-state index in [9.17, 15) is 5.11 Å². The number of aliphatic hydroxyl groups is 1. The predicted octanol–water partition coefficient (Wildman–Crippen LogP) is 3.18. The van der Waals surface area contributed by atoms with Crippen LogP contribution in [0.25, 0.3) is 11.3 Å². The van der Waals surface area contributed by atoms with E-state index in [4.69, 9.17) is 0 Å². The second-order valence-corrected chi connectivity index (χ2v) is 5.20. The predicted molar refractivity (Wildman–Crippen MR) is 76.9 cm³/mol. The zero-order valence-corrected chi connectivity index (χ0v) is 11.7. The third-order valence-corrected chi connectivity index (χ3v) is 3.32. The molecule has 0 aliphatic carbocycles. The van der Waals surface area contributed by atoms with Crippen LogP contribution in [0.3, 0.4) is 0 Å². The second kappa shape index (κ2) is 5.93. The minimum atomic E-state index is -0.00948. The molecular formula is C16H20N2O. The van der Waals surface area contributed by atoms with Crippen LogP contribution < -0.4 is 0 Å². The molecule has 0 aliphatic heterocycles. The van der Waals surface area contributed by atoms with Crippen molar-refractivity contribution in [3.8, 4) is 11.3 Å². The molecule has 100 valence electrons. The van der Waals surface area contributed by atoms with E-state index in [1.54, 1.807) is 6.20 Å². The smallest absolute Gasteiger partial charge is 0.134 e. The Hall–Kier alpha value is -1.74. The van der Waals surface area contributed by atoms with E-state index in [2.05, 4.69) is 42.9 Å². The van der Waals surface area contributed by atoms with E-state index < -0.39 is 0 Å². The molecule has 1 aromatic heterocycles. The Balaban J connectivity index is 2.39. The molecule has 0 saturated heterocycles. The molecule has 1 aromatic carbocycles. The van der Waals surface area contributed by atoms with Crippen molar-refractivity contribution in [2.75, 3.05) is 6.61 Å². The molecule has 3 nitrogen and oxygen atoms in total. The lowest BCUT2D eigenvalue weighted by molar-refractivity contribution is 0.232. The van der Waals surface area contributed by atoms with E-state index in [1.807, 2.05) is 18.2 Å². The van der Waals surface area contributed by atoms with Gasteiger partial charge in [-0.1, -0.05) is 37.6 Å². The summed E-state index contributed by atoms with van der Waals surface area (Å²) in [6.07, 6.45) is 1.77. The molecule has 0 bridgehead atoms. The van der Waals surface area contributed by atoms with Gasteiger partial charge in [0.05, 0.1) is 12.3 Å². The van der Waals surface area contributed by atoms with Crippen molar-refractivity contribution in [1.82, 2.24) is 9.97 Å². The molecule has 19 heavy (non-hydrogen) atoms. The van der Waals surface area contributed by atoms with Gasteiger partial charge in [0.15, 0.2) is 0 Å². The average Bonchev–Trinajstić information content (AvgIpc) is 2.39. The van der Waals surface area contributed by atoms with Crippen LogP contribution in [-0.4, -0.2) is 21.7 Å². The number of hydrogen-bond acceptors (Lipinski definition) is 3. The minimum Gasteiger partial charge on any atom is -0.396 e. The molecule has 1 N–H and O–H groups in total. The Morgan fingerprint density at radius 3 is 2.63 bits per heavy atom. The molecule has 3 heteroatoms. The van der Waals surface area contributed by atoms with Crippen LogP contribution >= 0.6 is 0 Å². The Bertz CT molecular complexity index is 552. The summed E-state index contributed by atoms with van der Waals surface area (Å²) in [7, 11) is 0. The van der Waals surface area contributed by atoms with Gasteiger partial charge in [0.1, 0.15) is 5.82 Å². The zero-order chi connectivity index (χ0) is 13.8. The number of aryl methyl sites for hydroxylation is 1. The highest BCUT2D eigenvalue weighted by molar-refractivity contribution is 5.59. The lowest BCUT2D eigenvalue weighted by Crippen LogP contribution is -2.14. The van der Waals surface area contributed by atoms with Crippen LogP contribution in [0.4, 0.5) is 0 Å². The van der Waals surface area contributed by atoms with Gasteiger partial charge in [-0.05, 0) is 25.0 Å². The highest BCUT2D eigenvalue weighted by Gasteiger charge is 2.18. The molecule has 0 fully saturated rings. The molecule has 0 saturated carbocycles. The largest absolute Gasteiger partial charge is 0.396 e. The molecule has 0 aliphatic rings. The highest BCUT2D eigenvalue weighted by atomic mass is 16.3. The summed E-state index contributed by atoms with van der Waals surface area (Å²) in [6.45, 7) is 6.29. The Morgan fingerprint density at radius 1 is 1.21 bits per heavy atom. The number of aliphatic hydroxyl groups excluding tert-OH is 1. The highest BCUT2D eigenvalue weighted by Crippen LogP contribution is 2.23. The molecule has 1 unspecified atom stereocenters. The first kappa shape index (κ1) is 13.7. The first-order chi connectivity index (χ1) is 9.11. The summed E-state index contributed by atoms with van der Waals surface area (Å²) in [5.41, 5.74) is 3.21. The summed E-state index contributed by atoms with van der Waals surface area (Å²) in [6, 6.07) is 10.2. The molecular weight excluding hydrogens is 236 g/mol. The number of hydrogen-bond donors (Lipinski definition) is 1. The number of benzene rings is 1. The Morgan fingerprint density at radius 2 is 2.00 bits per heavy atom. The van der Waals surface area contributed by atoms with E-state index in [0.29, 0.717) is 5.92 Å². The van der Waals surface area contributed by atoms with Crippen LogP contribution in [0.5, 0.6) is 0 Å². The lowest BCUT2D eigenvalue weighted by atomic mass is 9.96. The van der Waals surface area contributed by atoms with Crippen molar-refractivity contribution in [2.45, 2.75) is 26.7 Å². The van der Waals surface area contributed by atoms with Gasteiger partial charge < -0.3 is 5.11 Å². The average molecular weight is 256 g/mol. The van der Waals surface area contributed by atoms with Crippen molar-refractivity contribution in [3.05, 3.63) is 47.9 Å². The summed E-state index contributed by atoms with van der Waals surface area (Å²) >= 11 is 0. The van der Waals surface area contributed by atoms with Crippen molar-refractivity contribution in [2.24, 2.45) is 5.92 Å². The second-order valence-electron chi connectivity index (χ2n) is 5.20. The molecule has 1 atom stereocenters. The molecule has 2 aromatic rings. The number of aromatic nitrogens is 2. The van der Waals surface area contributed by atoms with Crippen molar-refractivity contribution >= 4 is 0 Å². The quantitative estimate of drug-likeness (QED) is 0.913. The first-order valence-electron chi connectivity index (χ1n) is 6.62. The van der Waals surface area contributed by atoms with Crippen LogP contribution in [0.2, 0.25) is 0 Å². The van der Waals surface area contributed by atoms with Gasteiger partial charge in [-0.3, -0.25) is 0 Å². The van der Waals surface area contributed by atoms with Crippen molar-refractivity contribution in [3.63, 3.8) is 0 Å². The third-order valence-electron chi connectivity index (χ3n) is 3.32. The minimum absolute atomic E-state index is 0.00948. The van der Waals surface area contributed by atoms with Gasteiger partial charge in [-0.25, -0.2) is 9.97 Å². The summed E-state index contributed by atoms with van der Waals surface area (Å²) in [5.74, 6) is 1.03. The monoisotopic (exact) mass is 256 g/mol. The Labute approximate surface area is 114 Å². The fraction of sp³-hybridized carbons (Fsp3) is 0.375. The normalized spacial score (nSPS) is 12.7. The van der Waals surface area contributed by atoms with Gasteiger partial charge in [0.25, 0.3) is 0 Å². The van der Waals surface area contributed by atoms with Gasteiger partial charge >= 0.3 is 0 Å². The molecule has 0 spiro atoms. The van der Waals surface area contributed by atoms with Gasteiger partial charge in [-0.15, -0.1) is 0 Å². The van der Waals surface area contributed by atoms with Crippen LogP contribution in [-0.2, 0) is 0 Å². The van der Waals surface area contributed by atoms with Crippen LogP contribution in [0.15, 0.2) is 36.5 Å². The van der Waals surface area contributed by atoms with E-state index in [-0.39, 0.29) is 12.5 Å². The van der Waals surface area contributed by atoms with Crippen molar-refractivity contribution < 1.29 is 5.11 Å². The van der Waals surface area contributed by atoms with E-state index in [1.165, 1.54) is 5.56 Å². The van der Waals surface area contributed by atoms with Crippen LogP contribution in [0.1, 0.15) is 31.2 Å². The fourth-order valence-corrected chi connectivity index (χ4v) is 2.11. The van der Waals surface area contributed by atoms with E-state index in [0.717, 1.165) is 17.1 Å². The van der Waals surface area contributed by atoms with Crippen molar-refractivity contribution in [1.29, 1.82) is 0 Å². The lowest BCUT2D eigenvalue weighted by Gasteiger charge is -2.17. The number of rotatable bonds is 4. The maximum absolute atomic E-state index is 9.48. The molecule has 0 radical (unpaired) electrons. The molecule has 0 amide bonds. The van der Waals surface area contributed by atoms with Gasteiger partial charge in [-0.2, -0.15) is 0 Å².